The van der Waals surface area contributed by atoms with Crippen molar-refractivity contribution in [1.82, 2.24) is 0 Å². The van der Waals surface area contributed by atoms with Crippen molar-refractivity contribution in [3.63, 3.8) is 0 Å². The molecule has 0 saturated heterocycles. The van der Waals surface area contributed by atoms with Crippen LogP contribution in [0.25, 0.3) is 5.57 Å². The molecule has 1 aromatic rings. The molecule has 0 radical (unpaired) electrons. The minimum atomic E-state index is 0.167. The SMILES string of the molecule is Cc1cccc2c1C1=C3C=CCCC3C3C(=C1C2)C(C)(C)C(C)(C)C(C)(C)C3(C)C. The minimum absolute atomic E-state index is 0.167. The fourth-order valence-electron chi connectivity index (χ4n) is 7.92. The van der Waals surface area contributed by atoms with Crippen LogP contribution >= 0.6 is 0 Å². The molecule has 0 aliphatic heterocycles. The normalized spacial score (nSPS) is 31.8. The maximum absolute atomic E-state index is 2.59. The van der Waals surface area contributed by atoms with Crippen molar-refractivity contribution in [3.05, 3.63) is 63.8 Å². The molecule has 1 aromatic carbocycles. The zero-order valence-electron chi connectivity index (χ0n) is 20.7. The largest absolute Gasteiger partial charge is 0.0842 e. The van der Waals surface area contributed by atoms with E-state index >= 15 is 0 Å². The summed E-state index contributed by atoms with van der Waals surface area (Å²) in [5.41, 5.74) is 12.2. The summed E-state index contributed by atoms with van der Waals surface area (Å²) in [5, 5.41) is 0. The Morgan fingerprint density at radius 2 is 1.60 bits per heavy atom. The summed E-state index contributed by atoms with van der Waals surface area (Å²) >= 11 is 0. The Balaban J connectivity index is 1.91. The van der Waals surface area contributed by atoms with E-state index in [2.05, 4.69) is 92.7 Å². The molecule has 0 spiro atoms. The molecule has 0 amide bonds. The molecule has 30 heavy (non-hydrogen) atoms. The van der Waals surface area contributed by atoms with E-state index in [1.165, 1.54) is 18.4 Å². The van der Waals surface area contributed by atoms with Crippen LogP contribution in [-0.2, 0) is 6.42 Å². The third-order valence-electron chi connectivity index (χ3n) is 11.1. The Kier molecular flexibility index (Phi) is 3.94. The van der Waals surface area contributed by atoms with Crippen LogP contribution in [0.2, 0.25) is 0 Å². The minimum Gasteiger partial charge on any atom is -0.0842 e. The fraction of sp³-hybridized carbons (Fsp3) is 0.600. The quantitative estimate of drug-likeness (QED) is 0.410. The predicted molar refractivity (Wildman–Crippen MR) is 129 cm³/mol. The molecular formula is C30H40. The Morgan fingerprint density at radius 1 is 0.900 bits per heavy atom. The molecule has 4 aliphatic rings. The van der Waals surface area contributed by atoms with Crippen LogP contribution in [0, 0.1) is 40.4 Å². The first-order valence-electron chi connectivity index (χ1n) is 12.1. The van der Waals surface area contributed by atoms with E-state index in [1.807, 2.05) is 0 Å². The van der Waals surface area contributed by atoms with Crippen LogP contribution in [0.3, 0.4) is 0 Å². The maximum atomic E-state index is 2.59. The monoisotopic (exact) mass is 400 g/mol. The Hall–Kier alpha value is -1.56. The Morgan fingerprint density at radius 3 is 2.30 bits per heavy atom. The van der Waals surface area contributed by atoms with Gasteiger partial charge in [-0.05, 0) is 93.1 Å². The second kappa shape index (κ2) is 5.81. The highest BCUT2D eigenvalue weighted by molar-refractivity contribution is 5.93. The van der Waals surface area contributed by atoms with Gasteiger partial charge in [-0.15, -0.1) is 0 Å². The first-order valence-corrected chi connectivity index (χ1v) is 12.1. The zero-order valence-corrected chi connectivity index (χ0v) is 20.7. The first kappa shape index (κ1) is 20.3. The van der Waals surface area contributed by atoms with Crippen molar-refractivity contribution in [1.29, 1.82) is 0 Å². The van der Waals surface area contributed by atoms with Crippen molar-refractivity contribution in [2.75, 3.05) is 0 Å². The zero-order chi connectivity index (χ0) is 21.9. The van der Waals surface area contributed by atoms with Gasteiger partial charge >= 0.3 is 0 Å². The highest BCUT2D eigenvalue weighted by atomic mass is 14.7. The molecule has 2 unspecified atom stereocenters. The molecule has 5 rings (SSSR count). The summed E-state index contributed by atoms with van der Waals surface area (Å²) in [6.45, 7) is 22.8. The van der Waals surface area contributed by atoms with E-state index in [0.717, 1.165) is 6.42 Å². The molecule has 4 aliphatic carbocycles. The molecule has 0 aromatic heterocycles. The van der Waals surface area contributed by atoms with Crippen LogP contribution < -0.4 is 0 Å². The highest BCUT2D eigenvalue weighted by Crippen LogP contribution is 2.74. The van der Waals surface area contributed by atoms with Crippen LogP contribution in [0.15, 0.2) is 47.1 Å². The second-order valence-corrected chi connectivity index (χ2v) is 12.7. The van der Waals surface area contributed by atoms with Gasteiger partial charge in [0.2, 0.25) is 0 Å². The lowest BCUT2D eigenvalue weighted by Gasteiger charge is -2.70. The van der Waals surface area contributed by atoms with E-state index in [1.54, 1.807) is 33.4 Å². The molecule has 160 valence electrons. The van der Waals surface area contributed by atoms with Gasteiger partial charge in [0.15, 0.2) is 0 Å². The number of benzene rings is 1. The average Bonchev–Trinajstić information content (AvgIpc) is 3.06. The van der Waals surface area contributed by atoms with Gasteiger partial charge in [0.25, 0.3) is 0 Å². The van der Waals surface area contributed by atoms with Gasteiger partial charge in [-0.25, -0.2) is 0 Å². The molecule has 1 saturated carbocycles. The molecule has 0 heterocycles. The summed E-state index contributed by atoms with van der Waals surface area (Å²) in [4.78, 5) is 0. The lowest BCUT2D eigenvalue weighted by molar-refractivity contribution is -0.150. The molecule has 2 atom stereocenters. The van der Waals surface area contributed by atoms with Crippen molar-refractivity contribution in [2.45, 2.75) is 81.6 Å². The Bertz CT molecular complexity index is 1030. The lowest BCUT2D eigenvalue weighted by atomic mass is 9.34. The maximum Gasteiger partial charge on any atom is -0.00134 e. The van der Waals surface area contributed by atoms with Gasteiger partial charge in [0.05, 0.1) is 0 Å². The number of allylic oxidation sites excluding steroid dienone is 6. The molecular weight excluding hydrogens is 360 g/mol. The first-order chi connectivity index (χ1) is 13.9. The van der Waals surface area contributed by atoms with Crippen LogP contribution in [0.1, 0.15) is 84.9 Å². The topological polar surface area (TPSA) is 0 Å². The predicted octanol–water partition coefficient (Wildman–Crippen LogP) is 8.32. The number of hydrogen-bond acceptors (Lipinski definition) is 0. The number of hydrogen-bond donors (Lipinski definition) is 0. The van der Waals surface area contributed by atoms with Crippen molar-refractivity contribution < 1.29 is 0 Å². The van der Waals surface area contributed by atoms with Crippen molar-refractivity contribution in [2.24, 2.45) is 33.5 Å². The van der Waals surface area contributed by atoms with Crippen LogP contribution in [0.5, 0.6) is 0 Å². The van der Waals surface area contributed by atoms with Gasteiger partial charge in [-0.2, -0.15) is 0 Å². The van der Waals surface area contributed by atoms with E-state index in [0.29, 0.717) is 11.8 Å². The average molecular weight is 401 g/mol. The molecule has 1 fully saturated rings. The van der Waals surface area contributed by atoms with Crippen LogP contribution in [0.4, 0.5) is 0 Å². The molecule has 0 N–H and O–H groups in total. The smallest absolute Gasteiger partial charge is 0.00134 e. The van der Waals surface area contributed by atoms with E-state index < -0.39 is 0 Å². The fourth-order valence-corrected chi connectivity index (χ4v) is 7.92. The van der Waals surface area contributed by atoms with Gasteiger partial charge in [0, 0.05) is 0 Å². The summed E-state index contributed by atoms with van der Waals surface area (Å²) in [7, 11) is 0. The van der Waals surface area contributed by atoms with Gasteiger partial charge in [-0.3, -0.25) is 0 Å². The lowest BCUT2D eigenvalue weighted by Crippen LogP contribution is -2.63. The van der Waals surface area contributed by atoms with Crippen molar-refractivity contribution >= 4 is 5.57 Å². The molecule has 0 heteroatoms. The van der Waals surface area contributed by atoms with Crippen LogP contribution in [-0.4, -0.2) is 0 Å². The van der Waals surface area contributed by atoms with E-state index in [-0.39, 0.29) is 21.7 Å². The number of rotatable bonds is 0. The summed E-state index contributed by atoms with van der Waals surface area (Å²) in [5.74, 6) is 1.28. The van der Waals surface area contributed by atoms with Crippen molar-refractivity contribution in [3.8, 4) is 0 Å². The standard InChI is InChI=1S/C30H40/c1-18-13-12-14-19-17-22-24(23(18)19)20-15-10-11-16-21(20)25-26(22)28(4,5)30(8,9)29(6,7)27(25,2)3/h10,12-15,21,25H,11,16-17H2,1-9H3. The van der Waals surface area contributed by atoms with Gasteiger partial charge in [0.1, 0.15) is 0 Å². The second-order valence-electron chi connectivity index (χ2n) is 12.7. The number of aryl methyl sites for hydroxylation is 1. The van der Waals surface area contributed by atoms with Gasteiger partial charge in [-0.1, -0.05) is 91.3 Å². The third-order valence-corrected chi connectivity index (χ3v) is 11.1. The third kappa shape index (κ3) is 2.09. The highest BCUT2D eigenvalue weighted by Gasteiger charge is 2.66. The van der Waals surface area contributed by atoms with E-state index in [9.17, 15) is 0 Å². The molecule has 0 nitrogen and oxygen atoms in total. The van der Waals surface area contributed by atoms with Gasteiger partial charge < -0.3 is 0 Å². The molecule has 0 bridgehead atoms. The number of fused-ring (bicyclic) bond motifs is 6. The summed E-state index contributed by atoms with van der Waals surface area (Å²) < 4.78 is 0. The summed E-state index contributed by atoms with van der Waals surface area (Å²) in [6.07, 6.45) is 8.60. The summed E-state index contributed by atoms with van der Waals surface area (Å²) in [6, 6.07) is 6.96. The van der Waals surface area contributed by atoms with E-state index in [4.69, 9.17) is 0 Å². The Labute approximate surface area is 184 Å².